The van der Waals surface area contributed by atoms with Crippen molar-refractivity contribution in [3.05, 3.63) is 47.0 Å². The summed E-state index contributed by atoms with van der Waals surface area (Å²) in [5.74, 6) is 0.679. The van der Waals surface area contributed by atoms with Crippen LogP contribution in [0.2, 0.25) is 0 Å². The second kappa shape index (κ2) is 8.94. The smallest absolute Gasteiger partial charge is 0.295 e. The molecule has 0 aromatic heterocycles. The summed E-state index contributed by atoms with van der Waals surface area (Å²) in [5.41, 5.74) is 0.940. The first-order valence-corrected chi connectivity index (χ1v) is 11.9. The first-order valence-electron chi connectivity index (χ1n) is 11.9. The van der Waals surface area contributed by atoms with Gasteiger partial charge in [0.2, 0.25) is 19.3 Å². The molecule has 4 heterocycles. The number of amides is 1. The normalized spacial score (nSPS) is 22.0. The molecule has 1 atom stereocenters. The van der Waals surface area contributed by atoms with Crippen molar-refractivity contribution in [3.8, 4) is 28.7 Å². The number of hydrogen-bond acceptors (Lipinski definition) is 9. The van der Waals surface area contributed by atoms with Gasteiger partial charge in [-0.15, -0.1) is 0 Å². The Hall–Kier alpha value is -3.92. The van der Waals surface area contributed by atoms with Crippen molar-refractivity contribution in [2.24, 2.45) is 0 Å². The maximum atomic E-state index is 13.4. The molecule has 0 radical (unpaired) electrons. The van der Waals surface area contributed by atoms with Gasteiger partial charge in [0.05, 0.1) is 18.7 Å². The Morgan fingerprint density at radius 2 is 1.72 bits per heavy atom. The van der Waals surface area contributed by atoms with Crippen LogP contribution in [0.5, 0.6) is 28.7 Å². The predicted molar refractivity (Wildman–Crippen MR) is 126 cm³/mol. The summed E-state index contributed by atoms with van der Waals surface area (Å²) in [6.07, 6.45) is 2.23. The van der Waals surface area contributed by atoms with Crippen molar-refractivity contribution < 1.29 is 38.4 Å². The molecule has 2 aromatic rings. The average Bonchev–Trinajstić information content (AvgIpc) is 3.69. The van der Waals surface area contributed by atoms with Crippen LogP contribution in [0.4, 0.5) is 0 Å². The Labute approximate surface area is 207 Å². The Morgan fingerprint density at radius 3 is 2.53 bits per heavy atom. The second-order valence-electron chi connectivity index (χ2n) is 9.07. The molecular weight excluding hydrogens is 468 g/mol. The second-order valence-corrected chi connectivity index (χ2v) is 9.07. The molecule has 0 aliphatic carbocycles. The summed E-state index contributed by atoms with van der Waals surface area (Å²) in [6, 6.07) is 7.53. The summed E-state index contributed by atoms with van der Waals surface area (Å²) in [7, 11) is 1.51. The van der Waals surface area contributed by atoms with E-state index in [1.54, 1.807) is 30.3 Å². The number of ketones is 1. The van der Waals surface area contributed by atoms with Crippen LogP contribution in [0.15, 0.2) is 35.9 Å². The Morgan fingerprint density at radius 1 is 0.972 bits per heavy atom. The van der Waals surface area contributed by atoms with Crippen LogP contribution in [0.1, 0.15) is 30.0 Å². The number of carbonyl (C=O) groups excluding carboxylic acids is 2. The fourth-order valence-corrected chi connectivity index (χ4v) is 5.22. The third-order valence-corrected chi connectivity index (χ3v) is 7.04. The molecule has 1 amide bonds. The number of aliphatic hydroxyl groups is 1. The van der Waals surface area contributed by atoms with Crippen molar-refractivity contribution in [1.82, 2.24) is 9.80 Å². The molecule has 10 heteroatoms. The van der Waals surface area contributed by atoms with Crippen LogP contribution < -0.4 is 23.7 Å². The molecule has 36 heavy (non-hydrogen) atoms. The van der Waals surface area contributed by atoms with E-state index >= 15 is 0 Å². The predicted octanol–water partition coefficient (Wildman–Crippen LogP) is 2.67. The lowest BCUT2D eigenvalue weighted by molar-refractivity contribution is -0.140. The van der Waals surface area contributed by atoms with E-state index in [0.29, 0.717) is 53.0 Å². The van der Waals surface area contributed by atoms with Gasteiger partial charge >= 0.3 is 0 Å². The van der Waals surface area contributed by atoms with E-state index in [-0.39, 0.29) is 24.9 Å². The Bertz CT molecular complexity index is 1270. The summed E-state index contributed by atoms with van der Waals surface area (Å²) in [4.78, 5) is 30.5. The third-order valence-electron chi connectivity index (χ3n) is 7.04. The molecule has 10 nitrogen and oxygen atoms in total. The molecular formula is C26H26N2O8. The zero-order valence-corrected chi connectivity index (χ0v) is 19.8. The van der Waals surface area contributed by atoms with Gasteiger partial charge < -0.3 is 38.6 Å². The van der Waals surface area contributed by atoms with E-state index in [0.717, 1.165) is 25.9 Å². The lowest BCUT2D eigenvalue weighted by Crippen LogP contribution is -2.37. The Balaban J connectivity index is 1.45. The highest BCUT2D eigenvalue weighted by Crippen LogP contribution is 2.47. The molecule has 0 bridgehead atoms. The minimum Gasteiger partial charge on any atom is -0.507 e. The van der Waals surface area contributed by atoms with Gasteiger partial charge in [-0.1, -0.05) is 0 Å². The first-order chi connectivity index (χ1) is 17.5. The van der Waals surface area contributed by atoms with Crippen molar-refractivity contribution in [2.45, 2.75) is 18.9 Å². The lowest BCUT2D eigenvalue weighted by Gasteiger charge is -2.27. The molecule has 0 saturated carbocycles. The summed E-state index contributed by atoms with van der Waals surface area (Å²) in [6.45, 7) is 3.02. The molecule has 1 N–H and O–H groups in total. The van der Waals surface area contributed by atoms with Crippen molar-refractivity contribution in [2.75, 3.05) is 46.9 Å². The Kier molecular flexibility index (Phi) is 5.60. The SMILES string of the molecule is COc1cc([C@H]2C(=C(O)c3ccc4c(c3)OCO4)C(=O)C(=O)N2CCN2CCCC2)cc2c1OCO2. The van der Waals surface area contributed by atoms with E-state index in [2.05, 4.69) is 4.90 Å². The molecule has 6 rings (SSSR count). The van der Waals surface area contributed by atoms with E-state index in [1.165, 1.54) is 12.0 Å². The minimum absolute atomic E-state index is 0.00112. The van der Waals surface area contributed by atoms with Crippen molar-refractivity contribution in [1.29, 1.82) is 0 Å². The number of ether oxygens (including phenoxy) is 5. The highest BCUT2D eigenvalue weighted by atomic mass is 16.7. The fraction of sp³-hybridized carbons (Fsp3) is 0.385. The third kappa shape index (κ3) is 3.69. The monoisotopic (exact) mass is 494 g/mol. The molecule has 4 aliphatic rings. The van der Waals surface area contributed by atoms with Crippen LogP contribution in [0.25, 0.3) is 5.76 Å². The number of Topliss-reactive ketones (excluding diaryl/α,β-unsaturated/α-hetero) is 1. The quantitative estimate of drug-likeness (QED) is 0.368. The standard InChI is InChI=1S/C26H26N2O8/c1-32-19-11-16(12-20-25(19)36-14-35-20)22-21(23(29)15-4-5-17-18(10-15)34-13-33-17)24(30)26(31)28(22)9-8-27-6-2-3-7-27/h4-5,10-12,22,29H,2-3,6-9,13-14H2,1H3/t22-/m0/s1. The lowest BCUT2D eigenvalue weighted by atomic mass is 9.94. The number of nitrogens with zero attached hydrogens (tertiary/aromatic N) is 2. The van der Waals surface area contributed by atoms with Crippen molar-refractivity contribution in [3.63, 3.8) is 0 Å². The van der Waals surface area contributed by atoms with E-state index < -0.39 is 17.7 Å². The average molecular weight is 495 g/mol. The van der Waals surface area contributed by atoms with E-state index in [4.69, 9.17) is 23.7 Å². The van der Waals surface area contributed by atoms with Crippen LogP contribution in [-0.2, 0) is 9.59 Å². The van der Waals surface area contributed by atoms with Gasteiger partial charge in [0, 0.05) is 18.7 Å². The van der Waals surface area contributed by atoms with E-state index in [1.807, 2.05) is 0 Å². The van der Waals surface area contributed by atoms with Crippen LogP contribution in [0.3, 0.4) is 0 Å². The molecule has 4 aliphatic heterocycles. The van der Waals surface area contributed by atoms with Crippen LogP contribution in [0, 0.1) is 0 Å². The van der Waals surface area contributed by atoms with Crippen LogP contribution in [-0.4, -0.2) is 73.5 Å². The zero-order chi connectivity index (χ0) is 24.8. The number of aliphatic hydroxyl groups excluding tert-OH is 1. The molecule has 2 aromatic carbocycles. The van der Waals surface area contributed by atoms with Crippen LogP contribution >= 0.6 is 0 Å². The summed E-state index contributed by atoms with van der Waals surface area (Å²) < 4.78 is 27.4. The van der Waals surface area contributed by atoms with Gasteiger partial charge in [-0.3, -0.25) is 9.59 Å². The zero-order valence-electron chi connectivity index (χ0n) is 19.8. The highest BCUT2D eigenvalue weighted by molar-refractivity contribution is 6.46. The molecule has 0 spiro atoms. The van der Waals surface area contributed by atoms with Gasteiger partial charge in [0.25, 0.3) is 11.7 Å². The van der Waals surface area contributed by atoms with Gasteiger partial charge in [0.15, 0.2) is 23.0 Å². The number of likely N-dealkylation sites (tertiary alicyclic amines) is 2. The largest absolute Gasteiger partial charge is 0.507 e. The van der Waals surface area contributed by atoms with Gasteiger partial charge in [-0.05, 0) is 61.8 Å². The number of hydrogen-bond donors (Lipinski definition) is 1. The van der Waals surface area contributed by atoms with Gasteiger partial charge in [0.1, 0.15) is 5.76 Å². The topological polar surface area (TPSA) is 107 Å². The number of benzene rings is 2. The first kappa shape index (κ1) is 22.5. The number of rotatable bonds is 6. The van der Waals surface area contributed by atoms with Crippen molar-refractivity contribution >= 4 is 17.4 Å². The number of carbonyl (C=O) groups is 2. The molecule has 2 saturated heterocycles. The fourth-order valence-electron chi connectivity index (χ4n) is 5.22. The minimum atomic E-state index is -0.832. The number of fused-ring (bicyclic) bond motifs is 2. The number of methoxy groups -OCH3 is 1. The van der Waals surface area contributed by atoms with Gasteiger partial charge in [-0.2, -0.15) is 0 Å². The molecule has 2 fully saturated rings. The van der Waals surface area contributed by atoms with E-state index in [9.17, 15) is 14.7 Å². The maximum Gasteiger partial charge on any atom is 0.295 e. The molecule has 188 valence electrons. The maximum absolute atomic E-state index is 13.4. The summed E-state index contributed by atoms with van der Waals surface area (Å²) in [5, 5.41) is 11.4. The summed E-state index contributed by atoms with van der Waals surface area (Å²) >= 11 is 0. The molecule has 0 unspecified atom stereocenters. The van der Waals surface area contributed by atoms with Gasteiger partial charge in [-0.25, -0.2) is 0 Å². The highest BCUT2D eigenvalue weighted by Gasteiger charge is 2.47.